The van der Waals surface area contributed by atoms with Crippen molar-refractivity contribution in [1.29, 1.82) is 0 Å². The Labute approximate surface area is 165 Å². The van der Waals surface area contributed by atoms with Crippen molar-refractivity contribution in [3.8, 4) is 0 Å². The highest BCUT2D eigenvalue weighted by Gasteiger charge is 2.50. The average molecular weight is 425 g/mol. The molecule has 0 unspecified atom stereocenters. The number of amides is 1. The maximum atomic E-state index is 11.7. The Bertz CT molecular complexity index is 548. The molecular weight excluding hydrogens is 398 g/mol. The molecule has 13 heteroatoms. The topological polar surface area (TPSA) is 208 Å². The number of rotatable bonds is 7. The molecule has 2 rings (SSSR count). The van der Waals surface area contributed by atoms with Crippen LogP contribution < -0.4 is 5.32 Å². The van der Waals surface area contributed by atoms with Crippen molar-refractivity contribution in [2.45, 2.75) is 61.3 Å². The number of nitrogens with one attached hydrogen (secondary N) is 1. The van der Waals surface area contributed by atoms with Crippen LogP contribution >= 0.6 is 0 Å². The first-order valence-electron chi connectivity index (χ1n) is 8.87. The summed E-state index contributed by atoms with van der Waals surface area (Å²) < 4.78 is 20.5. The quantitative estimate of drug-likeness (QED) is 0.182. The van der Waals surface area contributed by atoms with E-state index in [1.54, 1.807) is 0 Å². The number of alkyl carbamates (subject to hydrolysis) is 1. The van der Waals surface area contributed by atoms with Gasteiger partial charge in [0.2, 0.25) is 0 Å². The van der Waals surface area contributed by atoms with Gasteiger partial charge in [-0.05, 0) is 0 Å². The fraction of sp³-hybridized carbons (Fsp3) is 0.812. The molecule has 10 atom stereocenters. The van der Waals surface area contributed by atoms with Crippen LogP contribution in [-0.4, -0.2) is 123 Å². The minimum atomic E-state index is -1.77. The van der Waals surface area contributed by atoms with Gasteiger partial charge in [0.05, 0.1) is 13.2 Å². The van der Waals surface area contributed by atoms with Gasteiger partial charge in [-0.25, -0.2) is 4.79 Å². The van der Waals surface area contributed by atoms with Crippen LogP contribution in [0, 0.1) is 0 Å². The van der Waals surface area contributed by atoms with Crippen molar-refractivity contribution in [2.75, 3.05) is 19.8 Å². The highest BCUT2D eigenvalue weighted by molar-refractivity contribution is 5.67. The number of hydrogen-bond acceptors (Lipinski definition) is 12. The van der Waals surface area contributed by atoms with Gasteiger partial charge in [-0.15, -0.1) is 0 Å². The van der Waals surface area contributed by atoms with Crippen LogP contribution in [-0.2, 0) is 18.9 Å². The lowest BCUT2D eigenvalue weighted by Crippen LogP contribution is -2.67. The second-order valence-electron chi connectivity index (χ2n) is 6.59. The van der Waals surface area contributed by atoms with E-state index in [4.69, 9.17) is 18.9 Å². The molecule has 2 fully saturated rings. The van der Waals surface area contributed by atoms with Gasteiger partial charge in [0, 0.05) is 0 Å². The maximum absolute atomic E-state index is 11.7. The van der Waals surface area contributed by atoms with Crippen LogP contribution in [0.5, 0.6) is 0 Å². The molecule has 0 aliphatic carbocycles. The fourth-order valence-electron chi connectivity index (χ4n) is 3.05. The first-order chi connectivity index (χ1) is 13.7. The van der Waals surface area contributed by atoms with E-state index in [1.807, 2.05) is 0 Å². The molecule has 13 nitrogen and oxygen atoms in total. The van der Waals surface area contributed by atoms with Crippen molar-refractivity contribution in [3.63, 3.8) is 0 Å². The molecule has 0 aromatic rings. The van der Waals surface area contributed by atoms with Crippen molar-refractivity contribution >= 4 is 6.09 Å². The van der Waals surface area contributed by atoms with Crippen LogP contribution in [0.3, 0.4) is 0 Å². The largest absolute Gasteiger partial charge is 0.445 e. The smallest absolute Gasteiger partial charge is 0.407 e. The molecule has 29 heavy (non-hydrogen) atoms. The molecule has 2 aliphatic rings. The van der Waals surface area contributed by atoms with Crippen molar-refractivity contribution < 1.29 is 59.5 Å². The van der Waals surface area contributed by atoms with Gasteiger partial charge >= 0.3 is 6.09 Å². The Morgan fingerprint density at radius 2 is 1.62 bits per heavy atom. The van der Waals surface area contributed by atoms with E-state index in [2.05, 4.69) is 11.9 Å². The normalized spacial score (nSPS) is 42.9. The number of carbonyl (C=O) groups excluding carboxylic acids is 1. The molecule has 0 aromatic heterocycles. The number of hydrogen-bond donors (Lipinski definition) is 8. The molecule has 168 valence electrons. The lowest BCUT2D eigenvalue weighted by molar-refractivity contribution is -0.345. The molecule has 0 bridgehead atoms. The lowest BCUT2D eigenvalue weighted by Gasteiger charge is -2.46. The summed E-state index contributed by atoms with van der Waals surface area (Å²) in [5.74, 6) is 0. The zero-order chi connectivity index (χ0) is 21.7. The van der Waals surface area contributed by atoms with E-state index < -0.39 is 80.7 Å². The summed E-state index contributed by atoms with van der Waals surface area (Å²) in [7, 11) is 0. The standard InChI is InChI=1S/C16H27NO12/c1-2-3-26-16(25)17-8-10(21)13(7(5-19)27-14(8)24)29-15-12(23)11(22)9(20)6(4-18)28-15/h2,6-15,18-24H,1,3-5H2,(H,17,25)/t6-,7-,8+,9+,10+,11-,12+,13-,14-,15+/m1/s1. The van der Waals surface area contributed by atoms with Crippen molar-refractivity contribution in [1.82, 2.24) is 5.32 Å². The summed E-state index contributed by atoms with van der Waals surface area (Å²) >= 11 is 0. The Morgan fingerprint density at radius 1 is 0.966 bits per heavy atom. The molecule has 2 saturated heterocycles. The van der Waals surface area contributed by atoms with Crippen LogP contribution in [0.4, 0.5) is 4.79 Å². The zero-order valence-corrected chi connectivity index (χ0v) is 15.4. The average Bonchev–Trinajstić information content (AvgIpc) is 2.71. The van der Waals surface area contributed by atoms with E-state index in [9.17, 15) is 40.5 Å². The van der Waals surface area contributed by atoms with Gasteiger partial charge in [-0.2, -0.15) is 0 Å². The maximum Gasteiger partial charge on any atom is 0.407 e. The third-order valence-electron chi connectivity index (χ3n) is 4.63. The number of aliphatic hydroxyl groups is 7. The number of carbonyl (C=O) groups is 1. The third-order valence-corrected chi connectivity index (χ3v) is 4.63. The van der Waals surface area contributed by atoms with Crippen LogP contribution in [0.25, 0.3) is 0 Å². The summed E-state index contributed by atoms with van der Waals surface area (Å²) in [6.45, 7) is 1.82. The zero-order valence-electron chi connectivity index (χ0n) is 15.4. The van der Waals surface area contributed by atoms with Gasteiger partial charge in [-0.1, -0.05) is 12.7 Å². The molecule has 0 aromatic carbocycles. The van der Waals surface area contributed by atoms with Crippen LogP contribution in [0.2, 0.25) is 0 Å². The van der Waals surface area contributed by atoms with Crippen LogP contribution in [0.1, 0.15) is 0 Å². The van der Waals surface area contributed by atoms with E-state index in [0.29, 0.717) is 0 Å². The summed E-state index contributed by atoms with van der Waals surface area (Å²) in [5, 5.41) is 71.2. The molecule has 2 heterocycles. The first-order valence-corrected chi connectivity index (χ1v) is 8.87. The molecule has 8 N–H and O–H groups in total. The van der Waals surface area contributed by atoms with Gasteiger partial charge in [-0.3, -0.25) is 0 Å². The van der Waals surface area contributed by atoms with E-state index in [1.165, 1.54) is 6.08 Å². The Balaban J connectivity index is 2.13. The SMILES string of the molecule is C=CCOC(=O)N[C@H]1[C@H](O)[C@H](O[C@@H]2O[C@H](CO)[C@H](O)[C@@H](O)[C@@H]2O)[C@@H](CO)O[C@H]1O. The predicted molar refractivity (Wildman–Crippen MR) is 91.1 cm³/mol. The predicted octanol–water partition coefficient (Wildman–Crippen LogP) is -4.48. The van der Waals surface area contributed by atoms with E-state index >= 15 is 0 Å². The monoisotopic (exact) mass is 425 g/mol. The van der Waals surface area contributed by atoms with Gasteiger partial charge in [0.15, 0.2) is 12.6 Å². The van der Waals surface area contributed by atoms with Gasteiger partial charge < -0.3 is 60.0 Å². The molecule has 0 saturated carbocycles. The minimum Gasteiger partial charge on any atom is -0.445 e. The van der Waals surface area contributed by atoms with Crippen molar-refractivity contribution in [2.24, 2.45) is 0 Å². The molecular formula is C16H27NO12. The number of ether oxygens (including phenoxy) is 4. The molecule has 0 radical (unpaired) electrons. The molecule has 1 amide bonds. The Kier molecular flexibility index (Phi) is 8.72. The summed E-state index contributed by atoms with van der Waals surface area (Å²) in [5.41, 5.74) is 0. The fourth-order valence-corrected chi connectivity index (χ4v) is 3.05. The highest BCUT2D eigenvalue weighted by atomic mass is 16.7. The Morgan fingerprint density at radius 3 is 2.21 bits per heavy atom. The molecule has 0 spiro atoms. The summed E-state index contributed by atoms with van der Waals surface area (Å²) in [6.07, 6.45) is -13.8. The van der Waals surface area contributed by atoms with E-state index in [-0.39, 0.29) is 6.61 Å². The van der Waals surface area contributed by atoms with Crippen LogP contribution in [0.15, 0.2) is 12.7 Å². The lowest BCUT2D eigenvalue weighted by atomic mass is 9.95. The Hall–Kier alpha value is -1.39. The second kappa shape index (κ2) is 10.6. The molecule has 2 aliphatic heterocycles. The van der Waals surface area contributed by atoms with E-state index in [0.717, 1.165) is 0 Å². The summed E-state index contributed by atoms with van der Waals surface area (Å²) in [6, 6.07) is -1.44. The van der Waals surface area contributed by atoms with Gasteiger partial charge in [0.1, 0.15) is 55.4 Å². The highest BCUT2D eigenvalue weighted by Crippen LogP contribution is 2.28. The third kappa shape index (κ3) is 5.40. The van der Waals surface area contributed by atoms with Crippen molar-refractivity contribution in [3.05, 3.63) is 12.7 Å². The van der Waals surface area contributed by atoms with Gasteiger partial charge in [0.25, 0.3) is 0 Å². The minimum absolute atomic E-state index is 0.129. The number of aliphatic hydroxyl groups excluding tert-OH is 7. The summed E-state index contributed by atoms with van der Waals surface area (Å²) in [4.78, 5) is 11.7. The second-order valence-corrected chi connectivity index (χ2v) is 6.59. The first kappa shape index (κ1) is 23.9.